The molecule has 0 radical (unpaired) electrons. The Morgan fingerprint density at radius 3 is 2.45 bits per heavy atom. The Labute approximate surface area is 173 Å². The minimum atomic E-state index is -0.434. The Morgan fingerprint density at radius 2 is 1.86 bits per heavy atom. The molecule has 1 heterocycles. The number of ketones is 1. The first-order valence-electron chi connectivity index (χ1n) is 10.3. The van der Waals surface area contributed by atoms with E-state index in [1.165, 1.54) is 0 Å². The molecule has 0 bridgehead atoms. The van der Waals surface area contributed by atoms with Gasteiger partial charge >= 0.3 is 5.97 Å². The molecule has 1 aliphatic carbocycles. The minimum absolute atomic E-state index is 0.0879. The van der Waals surface area contributed by atoms with Crippen LogP contribution in [-0.2, 0) is 14.3 Å². The van der Waals surface area contributed by atoms with Crippen molar-refractivity contribution in [1.82, 2.24) is 5.32 Å². The summed E-state index contributed by atoms with van der Waals surface area (Å²) in [5.41, 5.74) is 3.65. The molecule has 5 nitrogen and oxygen atoms in total. The highest BCUT2D eigenvalue weighted by molar-refractivity contribution is 6.04. The molecule has 5 heteroatoms. The van der Waals surface area contributed by atoms with Crippen molar-refractivity contribution in [2.24, 2.45) is 5.41 Å². The zero-order valence-electron chi connectivity index (χ0n) is 18.2. The number of nitrogens with one attached hydrogen (secondary N) is 1. The van der Waals surface area contributed by atoms with Gasteiger partial charge in [-0.3, -0.25) is 4.79 Å². The van der Waals surface area contributed by atoms with Crippen LogP contribution in [0.1, 0.15) is 65.9 Å². The van der Waals surface area contributed by atoms with Crippen LogP contribution >= 0.6 is 0 Å². The second-order valence-corrected chi connectivity index (χ2v) is 8.89. The average Bonchev–Trinajstić information content (AvgIpc) is 2.59. The van der Waals surface area contributed by atoms with Gasteiger partial charge in [0, 0.05) is 29.3 Å². The molecule has 0 amide bonds. The Hall–Kier alpha value is -2.56. The van der Waals surface area contributed by atoms with E-state index in [1.807, 2.05) is 52.0 Å². The molecule has 3 rings (SSSR count). The van der Waals surface area contributed by atoms with Crippen molar-refractivity contribution in [2.45, 2.75) is 66.4 Å². The fraction of sp³-hybridized carbons (Fsp3) is 0.500. The van der Waals surface area contributed by atoms with E-state index in [2.05, 4.69) is 19.2 Å². The Bertz CT molecular complexity index is 875. The summed E-state index contributed by atoms with van der Waals surface area (Å²) < 4.78 is 11.1. The number of esters is 1. The maximum atomic E-state index is 13.2. The van der Waals surface area contributed by atoms with Gasteiger partial charge in [0.05, 0.1) is 18.3 Å². The van der Waals surface area contributed by atoms with Crippen molar-refractivity contribution in [1.29, 1.82) is 0 Å². The number of allylic oxidation sites excluding steroid dienone is 3. The lowest BCUT2D eigenvalue weighted by Gasteiger charge is -2.39. The van der Waals surface area contributed by atoms with Gasteiger partial charge in [0.25, 0.3) is 0 Å². The number of dihydropyridines is 1. The number of benzene rings is 1. The molecular weight excluding hydrogens is 366 g/mol. The van der Waals surface area contributed by atoms with Gasteiger partial charge in [-0.05, 0) is 57.2 Å². The predicted octanol–water partition coefficient (Wildman–Crippen LogP) is 4.64. The van der Waals surface area contributed by atoms with Crippen molar-refractivity contribution < 1.29 is 19.1 Å². The minimum Gasteiger partial charge on any atom is -0.494 e. The average molecular weight is 398 g/mol. The normalized spacial score (nSPS) is 21.1. The number of hydrogen-bond acceptors (Lipinski definition) is 5. The smallest absolute Gasteiger partial charge is 0.337 e. The van der Waals surface area contributed by atoms with Crippen molar-refractivity contribution in [3.05, 3.63) is 52.4 Å². The third-order valence-electron chi connectivity index (χ3n) is 5.33. The van der Waals surface area contributed by atoms with Gasteiger partial charge in [0.15, 0.2) is 5.78 Å². The Balaban J connectivity index is 2.11. The summed E-state index contributed by atoms with van der Waals surface area (Å²) in [4.78, 5) is 26.2. The molecule has 1 N–H and O–H groups in total. The van der Waals surface area contributed by atoms with E-state index in [4.69, 9.17) is 9.47 Å². The lowest BCUT2D eigenvalue weighted by molar-refractivity contribution is -0.143. The number of rotatable bonds is 5. The van der Waals surface area contributed by atoms with Crippen molar-refractivity contribution in [2.75, 3.05) is 6.61 Å². The van der Waals surface area contributed by atoms with Crippen LogP contribution in [0.5, 0.6) is 5.75 Å². The molecule has 0 saturated heterocycles. The van der Waals surface area contributed by atoms with Crippen LogP contribution in [0.3, 0.4) is 0 Å². The summed E-state index contributed by atoms with van der Waals surface area (Å²) in [6.45, 7) is 12.3. The SMILES string of the molecule is CCOc1ccc([C@H]2C(C(=O)OC(C)C)=C(C)NC3=C2C(=O)CC(C)(C)C3)cc1. The van der Waals surface area contributed by atoms with Gasteiger partial charge in [-0.15, -0.1) is 0 Å². The highest BCUT2D eigenvalue weighted by atomic mass is 16.5. The number of carbonyl (C=O) groups is 2. The first-order valence-corrected chi connectivity index (χ1v) is 10.3. The standard InChI is InChI=1S/C24H31NO4/c1-7-28-17-10-8-16(9-11-17)21-20(23(27)29-14(2)3)15(4)25-18-12-24(5,6)13-19(26)22(18)21/h8-11,14,21,25H,7,12-13H2,1-6H3/t21-/m0/s1. The summed E-state index contributed by atoms with van der Waals surface area (Å²) in [6.07, 6.45) is 0.998. The lowest BCUT2D eigenvalue weighted by Crippen LogP contribution is -2.39. The fourth-order valence-corrected chi connectivity index (χ4v) is 4.24. The zero-order valence-corrected chi connectivity index (χ0v) is 18.2. The first-order chi connectivity index (χ1) is 13.6. The van der Waals surface area contributed by atoms with Crippen LogP contribution in [-0.4, -0.2) is 24.5 Å². The van der Waals surface area contributed by atoms with Crippen LogP contribution in [0.25, 0.3) is 0 Å². The van der Waals surface area contributed by atoms with Crippen LogP contribution < -0.4 is 10.1 Å². The molecule has 0 aromatic heterocycles. The summed E-state index contributed by atoms with van der Waals surface area (Å²) in [6, 6.07) is 7.65. The van der Waals surface area contributed by atoms with E-state index in [9.17, 15) is 9.59 Å². The lowest BCUT2D eigenvalue weighted by atomic mass is 9.68. The highest BCUT2D eigenvalue weighted by Crippen LogP contribution is 2.47. The van der Waals surface area contributed by atoms with Gasteiger partial charge in [-0.25, -0.2) is 4.79 Å². The molecule has 1 aromatic rings. The van der Waals surface area contributed by atoms with Crippen molar-refractivity contribution in [3.8, 4) is 5.75 Å². The maximum Gasteiger partial charge on any atom is 0.337 e. The first kappa shape index (κ1) is 21.2. The molecule has 1 aromatic carbocycles. The van der Waals surface area contributed by atoms with Crippen LogP contribution in [0.15, 0.2) is 46.8 Å². The van der Waals surface area contributed by atoms with Gasteiger partial charge in [-0.1, -0.05) is 26.0 Å². The Morgan fingerprint density at radius 1 is 1.21 bits per heavy atom. The largest absolute Gasteiger partial charge is 0.494 e. The molecule has 1 atom stereocenters. The van der Waals surface area contributed by atoms with E-state index >= 15 is 0 Å². The quantitative estimate of drug-likeness (QED) is 0.733. The molecule has 156 valence electrons. The third kappa shape index (κ3) is 4.39. The predicted molar refractivity (Wildman–Crippen MR) is 112 cm³/mol. The molecule has 1 aliphatic heterocycles. The van der Waals surface area contributed by atoms with Crippen LogP contribution in [0.2, 0.25) is 0 Å². The number of Topliss-reactive ketones (excluding diaryl/α,β-unsaturated/α-hetero) is 1. The topological polar surface area (TPSA) is 64.6 Å². The second kappa shape index (κ2) is 8.05. The number of carbonyl (C=O) groups excluding carboxylic acids is 2. The van der Waals surface area contributed by atoms with Gasteiger partial charge < -0.3 is 14.8 Å². The second-order valence-electron chi connectivity index (χ2n) is 8.89. The van der Waals surface area contributed by atoms with Gasteiger partial charge in [0.1, 0.15) is 5.75 Å². The van der Waals surface area contributed by atoms with Gasteiger partial charge in [-0.2, -0.15) is 0 Å². The van der Waals surface area contributed by atoms with E-state index < -0.39 is 5.92 Å². The number of hydrogen-bond donors (Lipinski definition) is 1. The van der Waals surface area contributed by atoms with E-state index in [0.717, 1.165) is 29.1 Å². The van der Waals surface area contributed by atoms with Crippen molar-refractivity contribution >= 4 is 11.8 Å². The summed E-state index contributed by atoms with van der Waals surface area (Å²) in [5.74, 6) is 0.0392. The molecule has 0 unspecified atom stereocenters. The molecule has 2 aliphatic rings. The third-order valence-corrected chi connectivity index (χ3v) is 5.33. The molecular formula is C24H31NO4. The number of ether oxygens (including phenoxy) is 2. The zero-order chi connectivity index (χ0) is 21.3. The highest BCUT2D eigenvalue weighted by Gasteiger charge is 2.43. The van der Waals surface area contributed by atoms with E-state index in [1.54, 1.807) is 0 Å². The fourth-order valence-electron chi connectivity index (χ4n) is 4.24. The summed E-state index contributed by atoms with van der Waals surface area (Å²) in [7, 11) is 0. The van der Waals surface area contributed by atoms with Crippen LogP contribution in [0, 0.1) is 5.41 Å². The summed E-state index contributed by atoms with van der Waals surface area (Å²) in [5, 5.41) is 3.35. The summed E-state index contributed by atoms with van der Waals surface area (Å²) >= 11 is 0. The molecule has 29 heavy (non-hydrogen) atoms. The van der Waals surface area contributed by atoms with E-state index in [-0.39, 0.29) is 23.3 Å². The van der Waals surface area contributed by atoms with Crippen molar-refractivity contribution in [3.63, 3.8) is 0 Å². The van der Waals surface area contributed by atoms with E-state index in [0.29, 0.717) is 24.2 Å². The molecule has 0 fully saturated rings. The van der Waals surface area contributed by atoms with Crippen LogP contribution in [0.4, 0.5) is 0 Å². The van der Waals surface area contributed by atoms with Gasteiger partial charge in [0.2, 0.25) is 0 Å². The maximum absolute atomic E-state index is 13.2. The monoisotopic (exact) mass is 397 g/mol. The Kier molecular flexibility index (Phi) is 5.87. The molecule has 0 saturated carbocycles. The molecule has 0 spiro atoms.